The van der Waals surface area contributed by atoms with Crippen LogP contribution in [0.25, 0.3) is 0 Å². The van der Waals surface area contributed by atoms with Crippen LogP contribution in [0.15, 0.2) is 0 Å². The molecule has 4 rings (SSSR count). The second-order valence-corrected chi connectivity index (χ2v) is 7.93. The Balaban J connectivity index is 1.68. The number of hydrogen-bond acceptors (Lipinski definition) is 2. The molecule has 0 amide bonds. The Morgan fingerprint density at radius 2 is 1.57 bits per heavy atom. The van der Waals surface area contributed by atoms with Gasteiger partial charge in [-0.25, -0.2) is 0 Å². The number of nitrogens with zero attached hydrogens (tertiary/aromatic N) is 1. The van der Waals surface area contributed by atoms with E-state index in [0.717, 1.165) is 17.8 Å². The minimum atomic E-state index is -4.10. The molecular formula is C16H27F3N2. The third-order valence-electron chi connectivity index (χ3n) is 6.12. The van der Waals surface area contributed by atoms with E-state index >= 15 is 0 Å². The number of hydrogen-bond donors (Lipinski definition) is 1. The average molecular weight is 304 g/mol. The SMILES string of the molecule is CNC(CN(C)CC(F)(F)F)C12CC3CC(CC(C3)C1)C2. The molecule has 122 valence electrons. The van der Waals surface area contributed by atoms with Gasteiger partial charge in [-0.05, 0) is 75.8 Å². The molecule has 4 fully saturated rings. The zero-order chi connectivity index (χ0) is 15.3. The minimum absolute atomic E-state index is 0.193. The van der Waals surface area contributed by atoms with Crippen molar-refractivity contribution in [2.75, 3.05) is 27.2 Å². The second-order valence-electron chi connectivity index (χ2n) is 7.93. The summed E-state index contributed by atoms with van der Waals surface area (Å²) in [5.41, 5.74) is 0.253. The van der Waals surface area contributed by atoms with Crippen molar-refractivity contribution in [1.29, 1.82) is 0 Å². The molecule has 0 spiro atoms. The lowest BCUT2D eigenvalue weighted by atomic mass is 9.47. The summed E-state index contributed by atoms with van der Waals surface area (Å²) >= 11 is 0. The van der Waals surface area contributed by atoms with Gasteiger partial charge in [0.1, 0.15) is 0 Å². The molecule has 4 saturated carbocycles. The Morgan fingerprint density at radius 1 is 1.10 bits per heavy atom. The van der Waals surface area contributed by atoms with Gasteiger partial charge < -0.3 is 5.32 Å². The Kier molecular flexibility index (Phi) is 4.02. The molecule has 5 heteroatoms. The van der Waals surface area contributed by atoms with Gasteiger partial charge in [-0.15, -0.1) is 0 Å². The summed E-state index contributed by atoms with van der Waals surface area (Å²) in [5, 5.41) is 3.37. The maximum Gasteiger partial charge on any atom is 0.401 e. The maximum atomic E-state index is 12.6. The lowest BCUT2D eigenvalue weighted by Gasteiger charge is -2.59. The van der Waals surface area contributed by atoms with Crippen LogP contribution in [0.3, 0.4) is 0 Å². The van der Waals surface area contributed by atoms with Gasteiger partial charge in [0, 0.05) is 12.6 Å². The molecule has 0 aromatic carbocycles. The molecule has 0 heterocycles. The number of nitrogens with one attached hydrogen (secondary N) is 1. The average Bonchev–Trinajstić information content (AvgIpc) is 2.31. The molecule has 0 radical (unpaired) electrons. The van der Waals surface area contributed by atoms with Crippen molar-refractivity contribution in [2.24, 2.45) is 23.2 Å². The van der Waals surface area contributed by atoms with Crippen LogP contribution >= 0.6 is 0 Å². The van der Waals surface area contributed by atoms with Gasteiger partial charge in [-0.1, -0.05) is 0 Å². The number of rotatable bonds is 5. The van der Waals surface area contributed by atoms with E-state index in [1.54, 1.807) is 7.05 Å². The van der Waals surface area contributed by atoms with Crippen LogP contribution in [0.2, 0.25) is 0 Å². The van der Waals surface area contributed by atoms with Crippen LogP contribution in [0.5, 0.6) is 0 Å². The first-order valence-electron chi connectivity index (χ1n) is 8.22. The zero-order valence-electron chi connectivity index (χ0n) is 13.0. The molecule has 0 saturated heterocycles. The molecule has 1 atom stereocenters. The van der Waals surface area contributed by atoms with E-state index < -0.39 is 12.7 Å². The van der Waals surface area contributed by atoms with Gasteiger partial charge in [0.05, 0.1) is 6.54 Å². The molecule has 0 aromatic rings. The Bertz CT molecular complexity index is 345. The molecule has 1 unspecified atom stereocenters. The summed E-state index contributed by atoms with van der Waals surface area (Å²) in [7, 11) is 3.52. The molecule has 4 aliphatic carbocycles. The highest BCUT2D eigenvalue weighted by molar-refractivity contribution is 5.06. The quantitative estimate of drug-likeness (QED) is 0.838. The van der Waals surface area contributed by atoms with E-state index in [1.165, 1.54) is 43.4 Å². The highest BCUT2D eigenvalue weighted by atomic mass is 19.4. The van der Waals surface area contributed by atoms with Crippen LogP contribution in [0, 0.1) is 23.2 Å². The van der Waals surface area contributed by atoms with E-state index in [4.69, 9.17) is 0 Å². The van der Waals surface area contributed by atoms with E-state index in [-0.39, 0.29) is 11.5 Å². The van der Waals surface area contributed by atoms with Crippen molar-refractivity contribution in [3.63, 3.8) is 0 Å². The van der Waals surface area contributed by atoms with Gasteiger partial charge in [0.25, 0.3) is 0 Å². The second kappa shape index (κ2) is 5.41. The summed E-state index contributed by atoms with van der Waals surface area (Å²) in [5.74, 6) is 2.50. The first kappa shape index (κ1) is 15.6. The Hall–Kier alpha value is -0.290. The highest BCUT2D eigenvalue weighted by Crippen LogP contribution is 2.61. The first-order valence-corrected chi connectivity index (χ1v) is 8.22. The normalized spacial score (nSPS) is 40.0. The predicted molar refractivity (Wildman–Crippen MR) is 77.0 cm³/mol. The van der Waals surface area contributed by atoms with E-state index in [1.807, 2.05) is 7.05 Å². The highest BCUT2D eigenvalue weighted by Gasteiger charge is 2.54. The monoisotopic (exact) mass is 304 g/mol. The van der Waals surface area contributed by atoms with E-state index in [0.29, 0.717) is 6.54 Å². The summed E-state index contributed by atoms with van der Waals surface area (Å²) in [6.45, 7) is -0.306. The van der Waals surface area contributed by atoms with Gasteiger partial charge >= 0.3 is 6.18 Å². The largest absolute Gasteiger partial charge is 0.401 e. The third-order valence-corrected chi connectivity index (χ3v) is 6.12. The van der Waals surface area contributed by atoms with Crippen molar-refractivity contribution < 1.29 is 13.2 Å². The summed E-state index contributed by atoms with van der Waals surface area (Å²) in [6, 6.07) is 0.193. The van der Waals surface area contributed by atoms with Crippen molar-refractivity contribution in [2.45, 2.75) is 50.7 Å². The molecule has 21 heavy (non-hydrogen) atoms. The zero-order valence-corrected chi connectivity index (χ0v) is 13.0. The Labute approximate surface area is 125 Å². The van der Waals surface area contributed by atoms with Gasteiger partial charge in [0.2, 0.25) is 0 Å². The molecule has 4 aliphatic rings. The molecule has 4 bridgehead atoms. The van der Waals surface area contributed by atoms with Crippen molar-refractivity contribution in [1.82, 2.24) is 10.2 Å². The minimum Gasteiger partial charge on any atom is -0.315 e. The molecule has 2 nitrogen and oxygen atoms in total. The molecule has 1 N–H and O–H groups in total. The number of likely N-dealkylation sites (N-methyl/N-ethyl adjacent to an activating group) is 2. The van der Waals surface area contributed by atoms with Crippen LogP contribution in [0.1, 0.15) is 38.5 Å². The fraction of sp³-hybridized carbons (Fsp3) is 1.00. The lowest BCUT2D eigenvalue weighted by Crippen LogP contribution is -2.58. The van der Waals surface area contributed by atoms with Crippen LogP contribution in [0.4, 0.5) is 13.2 Å². The fourth-order valence-corrected chi connectivity index (χ4v) is 5.88. The standard InChI is InChI=1S/C16H27F3N2/c1-20-14(9-21(2)10-16(17,18)19)15-6-11-3-12(7-15)5-13(4-11)8-15/h11-14,20H,3-10H2,1-2H3. The topological polar surface area (TPSA) is 15.3 Å². The maximum absolute atomic E-state index is 12.6. The van der Waals surface area contributed by atoms with Crippen LogP contribution in [-0.2, 0) is 0 Å². The number of halogens is 3. The first-order chi connectivity index (χ1) is 9.79. The van der Waals surface area contributed by atoms with Crippen molar-refractivity contribution in [3.8, 4) is 0 Å². The van der Waals surface area contributed by atoms with Crippen LogP contribution < -0.4 is 5.32 Å². The fourth-order valence-electron chi connectivity index (χ4n) is 5.88. The number of alkyl halides is 3. The smallest absolute Gasteiger partial charge is 0.315 e. The molecule has 0 aliphatic heterocycles. The molecular weight excluding hydrogens is 277 g/mol. The lowest BCUT2D eigenvalue weighted by molar-refractivity contribution is -0.147. The third kappa shape index (κ3) is 3.24. The van der Waals surface area contributed by atoms with E-state index in [9.17, 15) is 13.2 Å². The van der Waals surface area contributed by atoms with E-state index in [2.05, 4.69) is 5.32 Å². The molecule has 0 aromatic heterocycles. The van der Waals surface area contributed by atoms with Crippen molar-refractivity contribution in [3.05, 3.63) is 0 Å². The van der Waals surface area contributed by atoms with Gasteiger partial charge in [-0.2, -0.15) is 13.2 Å². The summed E-state index contributed by atoms with van der Waals surface area (Å²) < 4.78 is 37.7. The van der Waals surface area contributed by atoms with Gasteiger partial charge in [0.15, 0.2) is 0 Å². The predicted octanol–water partition coefficient (Wildman–Crippen LogP) is 3.28. The summed E-state index contributed by atoms with van der Waals surface area (Å²) in [4.78, 5) is 1.44. The van der Waals surface area contributed by atoms with Crippen molar-refractivity contribution >= 4 is 0 Å². The van der Waals surface area contributed by atoms with Gasteiger partial charge in [-0.3, -0.25) is 4.90 Å². The van der Waals surface area contributed by atoms with Crippen LogP contribution in [-0.4, -0.2) is 44.3 Å². The Morgan fingerprint density at radius 3 is 1.95 bits per heavy atom. The summed E-state index contributed by atoms with van der Waals surface area (Å²) in [6.07, 6.45) is 3.68.